The lowest BCUT2D eigenvalue weighted by Crippen LogP contribution is -2.51. The summed E-state index contributed by atoms with van der Waals surface area (Å²) in [6.45, 7) is 6.40. The molecular formula is C50H61FN10O5. The van der Waals surface area contributed by atoms with Gasteiger partial charge >= 0.3 is 6.03 Å². The zero-order valence-corrected chi connectivity index (χ0v) is 38.1. The first-order valence-electron chi connectivity index (χ1n) is 23.6. The average molecular weight is 901 g/mol. The van der Waals surface area contributed by atoms with Crippen LogP contribution >= 0.6 is 0 Å². The number of para-hydroxylation sites is 1. The van der Waals surface area contributed by atoms with E-state index in [4.69, 9.17) is 15.5 Å². The number of aromatic nitrogens is 2. The molecule has 6 aliphatic rings. The first-order valence-corrected chi connectivity index (χ1v) is 23.6. The van der Waals surface area contributed by atoms with Gasteiger partial charge in [-0.25, -0.2) is 14.2 Å². The number of nitrogens with two attached hydrogens (primary N) is 1. The summed E-state index contributed by atoms with van der Waals surface area (Å²) in [6.07, 6.45) is 11.7. The largest absolute Gasteiger partial charge is 0.507 e. The summed E-state index contributed by atoms with van der Waals surface area (Å²) >= 11 is 0. The molecule has 10 rings (SSSR count). The number of aryl methyl sites for hydroxylation is 1. The van der Waals surface area contributed by atoms with Crippen molar-refractivity contribution >= 4 is 40.3 Å². The molecule has 1 aliphatic carbocycles. The molecule has 5 N–H and O–H groups in total. The Balaban J connectivity index is 0.751. The number of amides is 4. The van der Waals surface area contributed by atoms with Crippen LogP contribution in [-0.4, -0.2) is 130 Å². The number of piperidine rings is 3. The van der Waals surface area contributed by atoms with E-state index in [9.17, 15) is 19.5 Å². The highest BCUT2D eigenvalue weighted by Crippen LogP contribution is 2.46. The molecule has 348 valence electrons. The maximum atomic E-state index is 16.6. The van der Waals surface area contributed by atoms with Crippen LogP contribution in [0.1, 0.15) is 102 Å². The topological polar surface area (TPSA) is 165 Å². The van der Waals surface area contributed by atoms with Crippen molar-refractivity contribution in [1.82, 2.24) is 40.0 Å². The van der Waals surface area contributed by atoms with E-state index in [1.165, 1.54) is 5.56 Å². The van der Waals surface area contributed by atoms with Gasteiger partial charge in [0.25, 0.3) is 5.91 Å². The number of hydrogen-bond donors (Lipinski definition) is 4. The second-order valence-corrected chi connectivity index (χ2v) is 19.3. The molecule has 2 unspecified atom stereocenters. The number of phenols is 1. The molecule has 2 aromatic heterocycles. The number of likely N-dealkylation sites (tertiary alicyclic amines) is 3. The highest BCUT2D eigenvalue weighted by molar-refractivity contribution is 6.06. The summed E-state index contributed by atoms with van der Waals surface area (Å²) in [7, 11) is 3.60. The quantitative estimate of drug-likeness (QED) is 0.146. The normalized spacial score (nSPS) is 23.3. The number of aromatic hydroxyl groups is 1. The summed E-state index contributed by atoms with van der Waals surface area (Å²) < 4.78 is 24.9. The molecule has 0 bridgehead atoms. The fraction of sp³-hybridized carbons (Fsp3) is 0.480. The standard InChI is InChI=1S/C50H61FN10O5/c1-31-22-33(10-11-38(31)34-23-37(66-3)28-59(27-34)43-25-42(56(2)55-46(43)52)39-6-4-5-7-44(39)62)48(64)58-20-15-50(51,16-21-58)30-57-17-12-35(13-18-57)61-29-41(32-8-9-32)40-24-36(26-53-47(40)61)60-19-14-45(63)54-49(60)65/h4-7,10-11,22,24-26,29,32,34-35,37,55,62H,8-9,12-21,23,27-28,30,52H2,1-3H3,(H,54,63,65). The van der Waals surface area contributed by atoms with Gasteiger partial charge in [0.2, 0.25) is 5.91 Å². The highest BCUT2D eigenvalue weighted by Gasteiger charge is 2.40. The molecular weight excluding hydrogens is 840 g/mol. The summed E-state index contributed by atoms with van der Waals surface area (Å²) in [5.41, 5.74) is 16.5. The van der Waals surface area contributed by atoms with Crippen LogP contribution in [0.3, 0.4) is 0 Å². The van der Waals surface area contributed by atoms with Crippen molar-refractivity contribution in [3.8, 4) is 5.75 Å². The monoisotopic (exact) mass is 900 g/mol. The van der Waals surface area contributed by atoms with E-state index in [1.54, 1.807) is 35.3 Å². The number of alkyl halides is 1. The van der Waals surface area contributed by atoms with Crippen LogP contribution < -0.4 is 21.4 Å². The Morgan fingerprint density at radius 3 is 2.47 bits per heavy atom. The molecule has 1 saturated carbocycles. The number of ether oxygens (including phenoxy) is 1. The van der Waals surface area contributed by atoms with E-state index in [1.807, 2.05) is 42.3 Å². The molecule has 5 aliphatic heterocycles. The number of urea groups is 1. The van der Waals surface area contributed by atoms with Gasteiger partial charge < -0.3 is 34.8 Å². The zero-order chi connectivity index (χ0) is 45.9. The van der Waals surface area contributed by atoms with E-state index in [-0.39, 0.29) is 42.0 Å². The number of carbonyl (C=O) groups excluding carboxylic acids is 3. The molecule has 0 radical (unpaired) electrons. The molecule has 4 saturated heterocycles. The van der Waals surface area contributed by atoms with Gasteiger partial charge in [0.15, 0.2) is 0 Å². The second kappa shape index (κ2) is 17.6. The van der Waals surface area contributed by atoms with Crippen molar-refractivity contribution in [2.75, 3.05) is 71.4 Å². The van der Waals surface area contributed by atoms with Crippen LogP contribution in [0, 0.1) is 6.92 Å². The molecule has 2 aromatic carbocycles. The average Bonchev–Trinajstić information content (AvgIpc) is 4.09. The molecule has 0 spiro atoms. The number of nitrogens with zero attached hydrogens (tertiary/aromatic N) is 7. The number of hydrazine groups is 1. The predicted molar refractivity (Wildman–Crippen MR) is 250 cm³/mol. The molecule has 7 heterocycles. The number of imide groups is 1. The van der Waals surface area contributed by atoms with Crippen molar-refractivity contribution < 1.29 is 28.6 Å². The van der Waals surface area contributed by atoms with E-state index in [0.29, 0.717) is 80.7 Å². The number of fused-ring (bicyclic) bond motifs is 1. The number of rotatable bonds is 10. The van der Waals surface area contributed by atoms with Gasteiger partial charge in [-0.15, -0.1) is 0 Å². The van der Waals surface area contributed by atoms with Crippen molar-refractivity contribution in [2.45, 2.75) is 87.9 Å². The molecule has 4 aromatic rings. The number of phenolic OH excluding ortho intramolecular Hbond substituents is 1. The van der Waals surface area contributed by atoms with Crippen molar-refractivity contribution in [2.24, 2.45) is 5.73 Å². The Labute approximate surface area is 385 Å². The van der Waals surface area contributed by atoms with Crippen molar-refractivity contribution in [1.29, 1.82) is 0 Å². The van der Waals surface area contributed by atoms with Gasteiger partial charge in [-0.05, 0) is 98.0 Å². The maximum Gasteiger partial charge on any atom is 0.328 e. The van der Waals surface area contributed by atoms with Crippen LogP contribution in [0.15, 0.2) is 78.5 Å². The fourth-order valence-corrected chi connectivity index (χ4v) is 11.0. The van der Waals surface area contributed by atoms with Crippen molar-refractivity contribution in [3.05, 3.63) is 106 Å². The number of methoxy groups -OCH3 is 1. The molecule has 15 nitrogen and oxygen atoms in total. The van der Waals surface area contributed by atoms with Gasteiger partial charge in [0.05, 0.1) is 29.4 Å². The van der Waals surface area contributed by atoms with Crippen LogP contribution in [-0.2, 0) is 9.53 Å². The third-order valence-electron chi connectivity index (χ3n) is 14.9. The summed E-state index contributed by atoms with van der Waals surface area (Å²) in [5, 5.41) is 15.9. The van der Waals surface area contributed by atoms with Crippen LogP contribution in [0.5, 0.6) is 5.75 Å². The first-order chi connectivity index (χ1) is 31.8. The Kier molecular flexibility index (Phi) is 11.7. The first kappa shape index (κ1) is 43.7. The maximum absolute atomic E-state index is 16.6. The summed E-state index contributed by atoms with van der Waals surface area (Å²) in [5.74, 6) is 0.975. The van der Waals surface area contributed by atoms with Crippen LogP contribution in [0.25, 0.3) is 16.7 Å². The minimum atomic E-state index is -1.36. The van der Waals surface area contributed by atoms with Gasteiger partial charge in [-0.2, -0.15) is 0 Å². The number of benzene rings is 2. The van der Waals surface area contributed by atoms with Gasteiger partial charge in [-0.1, -0.05) is 18.2 Å². The third-order valence-corrected chi connectivity index (χ3v) is 14.9. The van der Waals surface area contributed by atoms with E-state index in [0.717, 1.165) is 78.7 Å². The molecule has 66 heavy (non-hydrogen) atoms. The Hall–Kier alpha value is -6.13. The Bertz CT molecular complexity index is 2610. The number of carbonyl (C=O) groups is 3. The number of pyridine rings is 1. The van der Waals surface area contributed by atoms with Crippen LogP contribution in [0.4, 0.5) is 14.9 Å². The van der Waals surface area contributed by atoms with Crippen molar-refractivity contribution in [3.63, 3.8) is 0 Å². The number of allylic oxidation sites excluding steroid dienone is 1. The summed E-state index contributed by atoms with van der Waals surface area (Å²) in [6, 6.07) is 15.1. The minimum absolute atomic E-state index is 0.0494. The lowest BCUT2D eigenvalue weighted by atomic mass is 9.85. The molecule has 16 heteroatoms. The third kappa shape index (κ3) is 8.56. The Morgan fingerprint density at radius 1 is 0.985 bits per heavy atom. The fourth-order valence-electron chi connectivity index (χ4n) is 11.0. The van der Waals surface area contributed by atoms with E-state index in [2.05, 4.69) is 50.4 Å². The van der Waals surface area contributed by atoms with Gasteiger partial charge in [0, 0.05) is 120 Å². The lowest BCUT2D eigenvalue weighted by molar-refractivity contribution is -0.120. The minimum Gasteiger partial charge on any atom is -0.507 e. The Morgan fingerprint density at radius 2 is 1.76 bits per heavy atom. The predicted octanol–water partition coefficient (Wildman–Crippen LogP) is 6.08. The number of hydrogen-bond acceptors (Lipinski definition) is 11. The number of nitrogens with one attached hydrogen (secondary N) is 2. The second-order valence-electron chi connectivity index (χ2n) is 19.3. The van der Waals surface area contributed by atoms with Gasteiger partial charge in [0.1, 0.15) is 22.9 Å². The molecule has 2 atom stereocenters. The lowest BCUT2D eigenvalue weighted by Gasteiger charge is -2.42. The number of halogens is 1. The zero-order valence-electron chi connectivity index (χ0n) is 38.1. The molecule has 5 fully saturated rings. The molecule has 4 amide bonds. The van der Waals surface area contributed by atoms with E-state index < -0.39 is 11.7 Å². The smallest absolute Gasteiger partial charge is 0.328 e. The summed E-state index contributed by atoms with van der Waals surface area (Å²) in [4.78, 5) is 51.1. The number of anilines is 1. The van der Waals surface area contributed by atoms with Crippen LogP contribution in [0.2, 0.25) is 0 Å². The van der Waals surface area contributed by atoms with E-state index >= 15 is 4.39 Å². The SMILES string of the molecule is COC1CC(c2ccc(C(=O)N3CCC(F)(CN4CCC(n5cc(C6CC6)c6cc(N7CCC(=O)NC7=O)cnc65)CC4)CC3)cc2C)CN(C2=C(N)NN(C)C(c3ccccc3O)=C2)C1. The highest BCUT2D eigenvalue weighted by atomic mass is 19.1. The van der Waals surface area contributed by atoms with Gasteiger partial charge in [-0.3, -0.25) is 30.2 Å².